The van der Waals surface area contributed by atoms with E-state index in [2.05, 4.69) is 11.6 Å². The predicted molar refractivity (Wildman–Crippen MR) is 68.4 cm³/mol. The fraction of sp³-hybridized carbons (Fsp3) is 0.545. The molecule has 0 N–H and O–H groups in total. The average molecular weight is 258 g/mol. The van der Waals surface area contributed by atoms with E-state index in [0.717, 1.165) is 12.8 Å². The lowest BCUT2D eigenvalue weighted by atomic mass is 10.4. The molecule has 0 radical (unpaired) electrons. The number of ether oxygens (including phenoxy) is 1. The van der Waals surface area contributed by atoms with Crippen molar-refractivity contribution in [3.8, 4) is 0 Å². The first kappa shape index (κ1) is 13.9. The Balaban J connectivity index is 2.76. The monoisotopic (exact) mass is 258 g/mol. The summed E-state index contributed by atoms with van der Waals surface area (Å²) < 4.78 is 30.4. The van der Waals surface area contributed by atoms with E-state index in [1.165, 1.54) is 23.6 Å². The third kappa shape index (κ3) is 3.41. The third-order valence-corrected chi connectivity index (χ3v) is 4.42. The summed E-state index contributed by atoms with van der Waals surface area (Å²) in [4.78, 5) is 3.88. The number of methoxy groups -OCH3 is 1. The topological polar surface area (TPSA) is 59.0 Å². The Hall–Kier alpha value is -1.14. The van der Waals surface area contributed by atoms with Gasteiger partial charge in [0, 0.05) is 26.2 Å². The Morgan fingerprint density at radius 1 is 1.35 bits per heavy atom. The van der Waals surface area contributed by atoms with Gasteiger partial charge in [-0.3, -0.25) is 4.99 Å². The molecule has 96 valence electrons. The molecule has 0 aromatic heterocycles. The second kappa shape index (κ2) is 5.97. The van der Waals surface area contributed by atoms with E-state index in [9.17, 15) is 8.42 Å². The second-order valence-electron chi connectivity index (χ2n) is 3.68. The highest BCUT2D eigenvalue weighted by Gasteiger charge is 2.26. The van der Waals surface area contributed by atoms with Crippen LogP contribution < -0.4 is 0 Å². The summed E-state index contributed by atoms with van der Waals surface area (Å²) in [7, 11) is -0.362. The van der Waals surface area contributed by atoms with Crippen LogP contribution in [0.1, 0.15) is 12.8 Å². The summed E-state index contributed by atoms with van der Waals surface area (Å²) in [5.41, 5.74) is 0. The third-order valence-electron chi connectivity index (χ3n) is 2.58. The van der Waals surface area contributed by atoms with Crippen molar-refractivity contribution in [3.05, 3.63) is 23.6 Å². The van der Waals surface area contributed by atoms with Crippen LogP contribution in [0.2, 0.25) is 0 Å². The zero-order chi connectivity index (χ0) is 12.9. The van der Waals surface area contributed by atoms with Crippen molar-refractivity contribution in [2.45, 2.75) is 12.8 Å². The van der Waals surface area contributed by atoms with Gasteiger partial charge in [-0.1, -0.05) is 6.58 Å². The molecule has 5 nitrogen and oxygen atoms in total. The molecule has 1 rings (SSSR count). The number of nitrogens with zero attached hydrogens (tertiary/aromatic N) is 2. The normalized spacial score (nSPS) is 18.8. The number of sulfonamides is 1. The Morgan fingerprint density at radius 3 is 2.41 bits per heavy atom. The molecule has 0 aromatic carbocycles. The van der Waals surface area contributed by atoms with E-state index in [1.54, 1.807) is 7.05 Å². The second-order valence-corrected chi connectivity index (χ2v) is 5.67. The first-order valence-electron chi connectivity index (χ1n) is 5.40. The fourth-order valence-electron chi connectivity index (χ4n) is 1.58. The molecule has 0 aromatic rings. The highest BCUT2D eigenvalue weighted by atomic mass is 32.2. The highest BCUT2D eigenvalue weighted by Crippen LogP contribution is 2.18. The van der Waals surface area contributed by atoms with Crippen LogP contribution in [0.3, 0.4) is 0 Å². The molecule has 0 saturated carbocycles. The maximum Gasteiger partial charge on any atom is 0.242 e. The molecule has 1 saturated heterocycles. The average Bonchev–Trinajstić information content (AvgIpc) is 2.84. The molecule has 6 heteroatoms. The van der Waals surface area contributed by atoms with E-state index in [4.69, 9.17) is 4.74 Å². The van der Waals surface area contributed by atoms with Gasteiger partial charge in [-0.25, -0.2) is 8.42 Å². The van der Waals surface area contributed by atoms with E-state index in [0.29, 0.717) is 19.0 Å². The van der Waals surface area contributed by atoms with Crippen LogP contribution in [0.4, 0.5) is 0 Å². The molecule has 0 unspecified atom stereocenters. The predicted octanol–water partition coefficient (Wildman–Crippen LogP) is 1.16. The smallest absolute Gasteiger partial charge is 0.242 e. The number of rotatable bonds is 4. The fourth-order valence-corrected chi connectivity index (χ4v) is 2.89. The van der Waals surface area contributed by atoms with E-state index < -0.39 is 10.0 Å². The zero-order valence-corrected chi connectivity index (χ0v) is 11.0. The van der Waals surface area contributed by atoms with Crippen LogP contribution in [-0.2, 0) is 14.8 Å². The molecular formula is C11H18N2O3S. The van der Waals surface area contributed by atoms with Gasteiger partial charge < -0.3 is 4.74 Å². The SMILES string of the molecule is C=C(/C=C\C(=N/C)OC)S(=O)(=O)N1CCCC1. The molecule has 17 heavy (non-hydrogen) atoms. The highest BCUT2D eigenvalue weighted by molar-refractivity contribution is 7.93. The minimum atomic E-state index is -3.41. The van der Waals surface area contributed by atoms with Crippen molar-refractivity contribution < 1.29 is 13.2 Å². The van der Waals surface area contributed by atoms with Gasteiger partial charge in [0.25, 0.3) is 0 Å². The van der Waals surface area contributed by atoms with Gasteiger partial charge in [0.1, 0.15) is 0 Å². The number of hydrogen-bond acceptors (Lipinski definition) is 4. The van der Waals surface area contributed by atoms with Crippen molar-refractivity contribution >= 4 is 15.9 Å². The van der Waals surface area contributed by atoms with Crippen molar-refractivity contribution in [3.63, 3.8) is 0 Å². The Labute approximate surface area is 103 Å². The molecule has 1 fully saturated rings. The summed E-state index contributed by atoms with van der Waals surface area (Å²) in [6, 6.07) is 0. The largest absolute Gasteiger partial charge is 0.481 e. The summed E-state index contributed by atoms with van der Waals surface area (Å²) in [5, 5.41) is 0. The number of aliphatic imine (C=N–C) groups is 1. The molecule has 1 heterocycles. The lowest BCUT2D eigenvalue weighted by Crippen LogP contribution is -2.28. The number of hydrogen-bond donors (Lipinski definition) is 0. The summed E-state index contributed by atoms with van der Waals surface area (Å²) in [6.07, 6.45) is 4.74. The van der Waals surface area contributed by atoms with Gasteiger partial charge in [0.05, 0.1) is 12.0 Å². The van der Waals surface area contributed by atoms with Gasteiger partial charge in [-0.2, -0.15) is 4.31 Å². The van der Waals surface area contributed by atoms with Crippen LogP contribution >= 0.6 is 0 Å². The van der Waals surface area contributed by atoms with Crippen LogP contribution in [0.25, 0.3) is 0 Å². The summed E-state index contributed by atoms with van der Waals surface area (Å²) in [5.74, 6) is 0.364. The Bertz CT molecular complexity index is 432. The quantitative estimate of drug-likeness (QED) is 0.432. The molecule has 1 aliphatic rings. The van der Waals surface area contributed by atoms with Gasteiger partial charge in [-0.15, -0.1) is 0 Å². The van der Waals surface area contributed by atoms with E-state index >= 15 is 0 Å². The van der Waals surface area contributed by atoms with Crippen LogP contribution in [0, 0.1) is 0 Å². The van der Waals surface area contributed by atoms with Gasteiger partial charge >= 0.3 is 0 Å². The van der Waals surface area contributed by atoms with Gasteiger partial charge in [0.2, 0.25) is 15.9 Å². The molecule has 0 aliphatic carbocycles. The molecule has 0 spiro atoms. The van der Waals surface area contributed by atoms with Crippen molar-refractivity contribution in [2.24, 2.45) is 4.99 Å². The standard InChI is InChI=1S/C11H18N2O3S/c1-10(6-7-11(12-2)16-3)17(14,15)13-8-4-5-9-13/h6-7H,1,4-5,8-9H2,2-3H3/b7-6-,12-11+. The molecule has 0 amide bonds. The van der Waals surface area contributed by atoms with E-state index in [-0.39, 0.29) is 4.91 Å². The van der Waals surface area contributed by atoms with Crippen LogP contribution in [0.5, 0.6) is 0 Å². The zero-order valence-electron chi connectivity index (χ0n) is 10.2. The first-order chi connectivity index (χ1) is 8.02. The van der Waals surface area contributed by atoms with Crippen molar-refractivity contribution in [2.75, 3.05) is 27.2 Å². The Kier molecular flexibility index (Phi) is 4.89. The maximum atomic E-state index is 12.0. The first-order valence-corrected chi connectivity index (χ1v) is 6.84. The lowest BCUT2D eigenvalue weighted by molar-refractivity contribution is 0.406. The molecule has 0 bridgehead atoms. The maximum absolute atomic E-state index is 12.0. The van der Waals surface area contributed by atoms with Crippen LogP contribution in [-0.4, -0.2) is 45.9 Å². The molecule has 0 atom stereocenters. The molecular weight excluding hydrogens is 240 g/mol. The molecule has 1 aliphatic heterocycles. The minimum Gasteiger partial charge on any atom is -0.481 e. The van der Waals surface area contributed by atoms with Gasteiger partial charge in [-0.05, 0) is 18.9 Å². The van der Waals surface area contributed by atoms with Gasteiger partial charge in [0.15, 0.2) is 0 Å². The summed E-state index contributed by atoms with van der Waals surface area (Å²) in [6.45, 7) is 4.74. The Morgan fingerprint density at radius 2 is 1.94 bits per heavy atom. The number of allylic oxidation sites excluding steroid dienone is 1. The lowest BCUT2D eigenvalue weighted by Gasteiger charge is -2.15. The van der Waals surface area contributed by atoms with Crippen LogP contribution in [0.15, 0.2) is 28.6 Å². The minimum absolute atomic E-state index is 0.0672. The van der Waals surface area contributed by atoms with Crippen molar-refractivity contribution in [1.82, 2.24) is 4.31 Å². The van der Waals surface area contributed by atoms with E-state index in [1.807, 2.05) is 0 Å². The van der Waals surface area contributed by atoms with Crippen molar-refractivity contribution in [1.29, 1.82) is 0 Å². The summed E-state index contributed by atoms with van der Waals surface area (Å²) >= 11 is 0.